The number of carbonyl (C=O) groups is 1. The van der Waals surface area contributed by atoms with Gasteiger partial charge >= 0.3 is 0 Å². The van der Waals surface area contributed by atoms with Crippen molar-refractivity contribution in [3.63, 3.8) is 0 Å². The Morgan fingerprint density at radius 1 is 1.17 bits per heavy atom. The highest BCUT2D eigenvalue weighted by Gasteiger charge is 2.32. The number of hydrogen-bond acceptors (Lipinski definition) is 7. The molecule has 2 atom stereocenters. The summed E-state index contributed by atoms with van der Waals surface area (Å²) in [6, 6.07) is 9.20. The van der Waals surface area contributed by atoms with Crippen LogP contribution in [0.15, 0.2) is 36.4 Å². The Kier molecular flexibility index (Phi) is 5.50. The van der Waals surface area contributed by atoms with Crippen molar-refractivity contribution >= 4 is 32.6 Å². The van der Waals surface area contributed by atoms with Crippen LogP contribution < -0.4 is 20.1 Å². The van der Waals surface area contributed by atoms with Crippen LogP contribution in [0.2, 0.25) is 0 Å². The Morgan fingerprint density at radius 2 is 1.90 bits per heavy atom. The molecule has 2 heterocycles. The quantitative estimate of drug-likeness (QED) is 0.642. The first kappa shape index (κ1) is 19.4. The number of rotatable bonds is 6. The number of carbonyl (C=O) groups excluding carboxylic acids is 1. The number of aromatic nitrogens is 1. The maximum Gasteiger partial charge on any atom is 0.259 e. The zero-order valence-electron chi connectivity index (χ0n) is 15.9. The van der Waals surface area contributed by atoms with E-state index in [0.29, 0.717) is 35.4 Å². The zero-order chi connectivity index (χ0) is 20.4. The molecule has 0 unspecified atom stereocenters. The molecule has 1 aromatic heterocycles. The van der Waals surface area contributed by atoms with Crippen molar-refractivity contribution in [3.8, 4) is 11.5 Å². The lowest BCUT2D eigenvalue weighted by atomic mass is 10.1. The maximum absolute atomic E-state index is 13.4. The van der Waals surface area contributed by atoms with Gasteiger partial charge in [-0.3, -0.25) is 4.79 Å². The number of thiazole rings is 1. The molecule has 7 nitrogen and oxygen atoms in total. The summed E-state index contributed by atoms with van der Waals surface area (Å²) < 4.78 is 30.4. The molecule has 1 aliphatic rings. The SMILES string of the molecule is COc1cccc(OC)c1C(=O)N[C@@H]1COC[C@H]1Nc1nc2ccc(F)cc2s1. The number of methoxy groups -OCH3 is 2. The van der Waals surface area contributed by atoms with E-state index in [2.05, 4.69) is 15.6 Å². The first-order valence-corrected chi connectivity index (χ1v) is 9.83. The van der Waals surface area contributed by atoms with Gasteiger partial charge < -0.3 is 24.8 Å². The Labute approximate surface area is 170 Å². The van der Waals surface area contributed by atoms with E-state index < -0.39 is 0 Å². The number of amides is 1. The van der Waals surface area contributed by atoms with Gasteiger partial charge in [-0.15, -0.1) is 0 Å². The molecule has 4 rings (SSSR count). The van der Waals surface area contributed by atoms with Crippen LogP contribution in [-0.2, 0) is 4.74 Å². The monoisotopic (exact) mass is 417 g/mol. The van der Waals surface area contributed by atoms with Gasteiger partial charge in [0.1, 0.15) is 22.9 Å². The van der Waals surface area contributed by atoms with E-state index in [0.717, 1.165) is 10.2 Å². The summed E-state index contributed by atoms with van der Waals surface area (Å²) in [6.45, 7) is 0.776. The largest absolute Gasteiger partial charge is 0.496 e. The third kappa shape index (κ3) is 3.96. The summed E-state index contributed by atoms with van der Waals surface area (Å²) in [4.78, 5) is 17.4. The molecule has 2 N–H and O–H groups in total. The second-order valence-corrected chi connectivity index (χ2v) is 7.57. The topological polar surface area (TPSA) is 81.7 Å². The van der Waals surface area contributed by atoms with Crippen LogP contribution in [0.4, 0.5) is 9.52 Å². The van der Waals surface area contributed by atoms with E-state index >= 15 is 0 Å². The summed E-state index contributed by atoms with van der Waals surface area (Å²) >= 11 is 1.36. The standard InChI is InChI=1S/C20H20FN3O4S/c1-26-15-4-3-5-16(27-2)18(15)19(25)22-13-9-28-10-14(13)24-20-23-12-7-6-11(21)8-17(12)29-20/h3-8,13-14H,9-10H2,1-2H3,(H,22,25)(H,23,24)/t13-,14-/m1/s1. The van der Waals surface area contributed by atoms with E-state index in [4.69, 9.17) is 14.2 Å². The molecule has 0 saturated carbocycles. The zero-order valence-corrected chi connectivity index (χ0v) is 16.7. The van der Waals surface area contributed by atoms with Crippen LogP contribution in [0.1, 0.15) is 10.4 Å². The molecule has 3 aromatic rings. The fourth-order valence-electron chi connectivity index (χ4n) is 3.27. The summed E-state index contributed by atoms with van der Waals surface area (Å²) in [6.07, 6.45) is 0. The first-order valence-electron chi connectivity index (χ1n) is 9.01. The van der Waals surface area contributed by atoms with Gasteiger partial charge in [-0.1, -0.05) is 17.4 Å². The van der Waals surface area contributed by atoms with Crippen LogP contribution in [0, 0.1) is 5.82 Å². The van der Waals surface area contributed by atoms with Crippen LogP contribution >= 0.6 is 11.3 Å². The fourth-order valence-corrected chi connectivity index (χ4v) is 4.23. The Morgan fingerprint density at radius 3 is 2.62 bits per heavy atom. The predicted octanol–water partition coefficient (Wildman–Crippen LogP) is 3.06. The Balaban J connectivity index is 1.51. The van der Waals surface area contributed by atoms with Crippen molar-refractivity contribution in [2.24, 2.45) is 0 Å². The number of benzene rings is 2. The lowest BCUT2D eigenvalue weighted by Crippen LogP contribution is -2.46. The third-order valence-electron chi connectivity index (χ3n) is 4.71. The normalized spacial score (nSPS) is 18.6. The number of ether oxygens (including phenoxy) is 3. The summed E-state index contributed by atoms with van der Waals surface area (Å²) in [7, 11) is 3.01. The van der Waals surface area contributed by atoms with E-state index in [1.165, 1.54) is 37.7 Å². The second kappa shape index (κ2) is 8.22. The smallest absolute Gasteiger partial charge is 0.259 e. The molecule has 152 valence electrons. The highest BCUT2D eigenvalue weighted by Crippen LogP contribution is 2.30. The van der Waals surface area contributed by atoms with Crippen LogP contribution in [0.25, 0.3) is 10.2 Å². The lowest BCUT2D eigenvalue weighted by Gasteiger charge is -2.21. The number of halogens is 1. The van der Waals surface area contributed by atoms with Crippen molar-refractivity contribution in [3.05, 3.63) is 47.8 Å². The molecular weight excluding hydrogens is 397 g/mol. The van der Waals surface area contributed by atoms with Crippen molar-refractivity contribution in [2.75, 3.05) is 32.8 Å². The average molecular weight is 417 g/mol. The molecule has 0 bridgehead atoms. The number of nitrogens with zero attached hydrogens (tertiary/aromatic N) is 1. The predicted molar refractivity (Wildman–Crippen MR) is 109 cm³/mol. The molecule has 1 saturated heterocycles. The van der Waals surface area contributed by atoms with Crippen molar-refractivity contribution in [1.82, 2.24) is 10.3 Å². The van der Waals surface area contributed by atoms with Gasteiger partial charge in [0.25, 0.3) is 5.91 Å². The van der Waals surface area contributed by atoms with Crippen molar-refractivity contribution < 1.29 is 23.4 Å². The van der Waals surface area contributed by atoms with Gasteiger partial charge in [0.15, 0.2) is 5.13 Å². The van der Waals surface area contributed by atoms with Gasteiger partial charge in [0, 0.05) is 0 Å². The number of nitrogens with one attached hydrogen (secondary N) is 2. The minimum atomic E-state index is -0.312. The molecule has 9 heteroatoms. The maximum atomic E-state index is 13.4. The summed E-state index contributed by atoms with van der Waals surface area (Å²) in [5, 5.41) is 6.93. The highest BCUT2D eigenvalue weighted by atomic mass is 32.1. The fraction of sp³-hybridized carbons (Fsp3) is 0.300. The Bertz CT molecular complexity index is 1020. The van der Waals surface area contributed by atoms with E-state index in [-0.39, 0.29) is 23.8 Å². The molecule has 2 aromatic carbocycles. The van der Waals surface area contributed by atoms with Crippen molar-refractivity contribution in [2.45, 2.75) is 12.1 Å². The molecule has 1 aliphatic heterocycles. The third-order valence-corrected chi connectivity index (χ3v) is 5.66. The molecule has 0 aliphatic carbocycles. The summed E-state index contributed by atoms with van der Waals surface area (Å²) in [5.74, 6) is 0.248. The number of fused-ring (bicyclic) bond motifs is 1. The van der Waals surface area contributed by atoms with Crippen LogP contribution in [-0.4, -0.2) is 50.4 Å². The van der Waals surface area contributed by atoms with Gasteiger partial charge in [-0.25, -0.2) is 9.37 Å². The summed E-state index contributed by atoms with van der Waals surface area (Å²) in [5.41, 5.74) is 1.05. The van der Waals surface area contributed by atoms with Gasteiger partial charge in [0.2, 0.25) is 0 Å². The van der Waals surface area contributed by atoms with E-state index in [9.17, 15) is 9.18 Å². The van der Waals surface area contributed by atoms with Crippen molar-refractivity contribution in [1.29, 1.82) is 0 Å². The van der Waals surface area contributed by atoms with Crippen LogP contribution in [0.3, 0.4) is 0 Å². The Hall–Kier alpha value is -2.91. The van der Waals surface area contributed by atoms with Crippen LogP contribution in [0.5, 0.6) is 11.5 Å². The minimum Gasteiger partial charge on any atom is -0.496 e. The molecule has 1 fully saturated rings. The lowest BCUT2D eigenvalue weighted by molar-refractivity contribution is 0.0922. The molecular formula is C20H20FN3O4S. The van der Waals surface area contributed by atoms with E-state index in [1.807, 2.05) is 0 Å². The first-order chi connectivity index (χ1) is 14.1. The number of hydrogen-bond donors (Lipinski definition) is 2. The molecule has 0 radical (unpaired) electrons. The van der Waals surface area contributed by atoms with Gasteiger partial charge in [-0.05, 0) is 30.3 Å². The molecule has 1 amide bonds. The molecule has 0 spiro atoms. The second-order valence-electron chi connectivity index (χ2n) is 6.54. The number of anilines is 1. The van der Waals surface area contributed by atoms with E-state index in [1.54, 1.807) is 24.3 Å². The van der Waals surface area contributed by atoms with Gasteiger partial charge in [-0.2, -0.15) is 0 Å². The average Bonchev–Trinajstić information content (AvgIpc) is 3.33. The molecule has 29 heavy (non-hydrogen) atoms. The minimum absolute atomic E-state index is 0.176. The van der Waals surface area contributed by atoms with Gasteiger partial charge in [0.05, 0.1) is 49.7 Å². The highest BCUT2D eigenvalue weighted by molar-refractivity contribution is 7.22.